The summed E-state index contributed by atoms with van der Waals surface area (Å²) in [5, 5.41) is 9.88. The normalized spacial score (nSPS) is 17.3. The van der Waals surface area contributed by atoms with Crippen LogP contribution < -0.4 is 5.32 Å². The zero-order valence-electron chi connectivity index (χ0n) is 16.0. The molecule has 2 amide bonds. The summed E-state index contributed by atoms with van der Waals surface area (Å²) in [7, 11) is 0. The lowest BCUT2D eigenvalue weighted by Gasteiger charge is -2.31. The number of hydrogen-bond acceptors (Lipinski definition) is 6. The van der Waals surface area contributed by atoms with Gasteiger partial charge in [-0.1, -0.05) is 19.0 Å². The van der Waals surface area contributed by atoms with E-state index in [4.69, 9.17) is 9.51 Å². The third kappa shape index (κ3) is 4.94. The van der Waals surface area contributed by atoms with E-state index in [1.807, 2.05) is 18.7 Å². The summed E-state index contributed by atoms with van der Waals surface area (Å²) in [5.41, 5.74) is 1.36. The highest BCUT2D eigenvalue weighted by Crippen LogP contribution is 2.30. The molecular formula is C19H26N4O3S. The van der Waals surface area contributed by atoms with Gasteiger partial charge >= 0.3 is 0 Å². The molecular weight excluding hydrogens is 364 g/mol. The highest BCUT2D eigenvalue weighted by molar-refractivity contribution is 7.09. The lowest BCUT2D eigenvalue weighted by molar-refractivity contribution is -0.123. The molecule has 1 N–H and O–H groups in total. The first kappa shape index (κ1) is 19.5. The summed E-state index contributed by atoms with van der Waals surface area (Å²) in [6.07, 6.45) is 2.70. The minimum atomic E-state index is -0.0790. The third-order valence-corrected chi connectivity index (χ3v) is 5.74. The highest BCUT2D eigenvalue weighted by atomic mass is 32.1. The van der Waals surface area contributed by atoms with E-state index in [-0.39, 0.29) is 23.7 Å². The van der Waals surface area contributed by atoms with Gasteiger partial charge in [-0.05, 0) is 19.8 Å². The van der Waals surface area contributed by atoms with E-state index in [2.05, 4.69) is 15.9 Å². The van der Waals surface area contributed by atoms with Crippen LogP contribution in [0.4, 0.5) is 0 Å². The molecule has 1 atom stereocenters. The van der Waals surface area contributed by atoms with Gasteiger partial charge in [-0.25, -0.2) is 4.98 Å². The Morgan fingerprint density at radius 1 is 1.44 bits per heavy atom. The molecule has 1 aliphatic rings. The maximum absolute atomic E-state index is 12.6. The third-order valence-electron chi connectivity index (χ3n) is 4.68. The van der Waals surface area contributed by atoms with Crippen molar-refractivity contribution in [2.45, 2.75) is 46.0 Å². The number of aromatic nitrogens is 2. The number of hydrogen-bond donors (Lipinski definition) is 1. The number of carbonyl (C=O) groups excluding carboxylic acids is 2. The van der Waals surface area contributed by atoms with E-state index in [1.165, 1.54) is 0 Å². The Labute approximate surface area is 163 Å². The molecule has 1 aliphatic heterocycles. The summed E-state index contributed by atoms with van der Waals surface area (Å²) in [6, 6.07) is 1.68. The second kappa shape index (κ2) is 8.65. The van der Waals surface area contributed by atoms with E-state index in [0.717, 1.165) is 36.5 Å². The number of carbonyl (C=O) groups is 2. The van der Waals surface area contributed by atoms with E-state index >= 15 is 0 Å². The van der Waals surface area contributed by atoms with Gasteiger partial charge in [0.25, 0.3) is 5.91 Å². The number of amides is 2. The van der Waals surface area contributed by atoms with Crippen molar-refractivity contribution in [1.82, 2.24) is 20.4 Å². The van der Waals surface area contributed by atoms with Gasteiger partial charge in [0.2, 0.25) is 5.91 Å². The molecule has 1 saturated heterocycles. The number of nitrogens with zero attached hydrogens (tertiary/aromatic N) is 3. The van der Waals surface area contributed by atoms with Crippen molar-refractivity contribution in [3.8, 4) is 0 Å². The van der Waals surface area contributed by atoms with E-state index in [1.54, 1.807) is 24.3 Å². The van der Waals surface area contributed by atoms with Crippen molar-refractivity contribution in [3.05, 3.63) is 33.6 Å². The Hall–Kier alpha value is -2.22. The predicted molar refractivity (Wildman–Crippen MR) is 103 cm³/mol. The van der Waals surface area contributed by atoms with Crippen molar-refractivity contribution >= 4 is 23.2 Å². The molecule has 0 aromatic carbocycles. The summed E-state index contributed by atoms with van der Waals surface area (Å²) in [6.45, 7) is 7.53. The molecule has 2 aromatic rings. The molecule has 7 nitrogen and oxygen atoms in total. The van der Waals surface area contributed by atoms with Crippen LogP contribution in [-0.2, 0) is 11.2 Å². The van der Waals surface area contributed by atoms with Crippen LogP contribution in [-0.4, -0.2) is 46.5 Å². The summed E-state index contributed by atoms with van der Waals surface area (Å²) < 4.78 is 5.02. The number of thiazole rings is 1. The van der Waals surface area contributed by atoms with Crippen molar-refractivity contribution in [2.75, 3.05) is 19.6 Å². The molecule has 8 heteroatoms. The van der Waals surface area contributed by atoms with Crippen LogP contribution in [0.15, 0.2) is 16.0 Å². The molecule has 1 fully saturated rings. The van der Waals surface area contributed by atoms with Crippen molar-refractivity contribution in [1.29, 1.82) is 0 Å². The van der Waals surface area contributed by atoms with Gasteiger partial charge < -0.3 is 14.7 Å². The highest BCUT2D eigenvalue weighted by Gasteiger charge is 2.28. The summed E-state index contributed by atoms with van der Waals surface area (Å²) in [5.74, 6) is 0.871. The molecule has 2 aromatic heterocycles. The van der Waals surface area contributed by atoms with Crippen LogP contribution >= 0.6 is 11.3 Å². The number of likely N-dealkylation sites (tertiary alicyclic amines) is 1. The first-order valence-electron chi connectivity index (χ1n) is 9.38. The molecule has 27 heavy (non-hydrogen) atoms. The maximum atomic E-state index is 12.6. The Morgan fingerprint density at radius 3 is 2.96 bits per heavy atom. The first-order chi connectivity index (χ1) is 12.9. The largest absolute Gasteiger partial charge is 0.361 e. The van der Waals surface area contributed by atoms with E-state index < -0.39 is 0 Å². The van der Waals surface area contributed by atoms with E-state index in [0.29, 0.717) is 24.5 Å². The van der Waals surface area contributed by atoms with Gasteiger partial charge in [-0.15, -0.1) is 11.3 Å². The van der Waals surface area contributed by atoms with E-state index in [9.17, 15) is 9.59 Å². The lowest BCUT2D eigenvalue weighted by atomic mass is 9.98. The number of nitrogens with one attached hydrogen (secondary N) is 1. The van der Waals surface area contributed by atoms with Gasteiger partial charge in [0.1, 0.15) is 5.76 Å². The fourth-order valence-electron chi connectivity index (χ4n) is 3.14. The average Bonchev–Trinajstić information content (AvgIpc) is 3.30. The van der Waals surface area contributed by atoms with Gasteiger partial charge in [-0.3, -0.25) is 9.59 Å². The SMILES string of the molecule is Cc1cc(C(=O)N2CCC[C@H](c3nc(CCNC(=O)C(C)C)cs3)C2)no1. The predicted octanol–water partition coefficient (Wildman–Crippen LogP) is 2.77. The smallest absolute Gasteiger partial charge is 0.276 e. The second-order valence-corrected chi connectivity index (χ2v) is 8.18. The van der Waals surface area contributed by atoms with Crippen LogP contribution in [0.25, 0.3) is 0 Å². The molecule has 0 saturated carbocycles. The number of rotatable bonds is 6. The maximum Gasteiger partial charge on any atom is 0.276 e. The molecule has 3 heterocycles. The van der Waals surface area contributed by atoms with Crippen molar-refractivity contribution in [2.24, 2.45) is 5.92 Å². The minimum Gasteiger partial charge on any atom is -0.361 e. The second-order valence-electron chi connectivity index (χ2n) is 7.29. The van der Waals surface area contributed by atoms with Gasteiger partial charge in [-0.2, -0.15) is 0 Å². The number of aryl methyl sites for hydroxylation is 1. The van der Waals surface area contributed by atoms with Gasteiger partial charge in [0, 0.05) is 49.3 Å². The molecule has 0 radical (unpaired) electrons. The monoisotopic (exact) mass is 390 g/mol. The van der Waals surface area contributed by atoms with Crippen LogP contribution in [0, 0.1) is 12.8 Å². The van der Waals surface area contributed by atoms with Crippen molar-refractivity contribution < 1.29 is 14.1 Å². The Morgan fingerprint density at radius 2 is 2.26 bits per heavy atom. The van der Waals surface area contributed by atoms with Crippen LogP contribution in [0.3, 0.4) is 0 Å². The summed E-state index contributed by atoms with van der Waals surface area (Å²) >= 11 is 1.64. The standard InChI is InChI=1S/C19H26N4O3S/c1-12(2)17(24)20-7-6-15-11-27-18(21-15)14-5-4-8-23(10-14)19(25)16-9-13(3)26-22-16/h9,11-12,14H,4-8,10H2,1-3H3,(H,20,24)/t14-/m0/s1. The molecule has 0 bridgehead atoms. The molecule has 3 rings (SSSR count). The molecule has 0 unspecified atom stereocenters. The molecule has 0 aliphatic carbocycles. The van der Waals surface area contributed by atoms with Crippen molar-refractivity contribution in [3.63, 3.8) is 0 Å². The van der Waals surface area contributed by atoms with Crippen LogP contribution in [0.2, 0.25) is 0 Å². The Bertz CT molecular complexity index is 798. The lowest BCUT2D eigenvalue weighted by Crippen LogP contribution is -2.39. The Kier molecular flexibility index (Phi) is 6.26. The minimum absolute atomic E-state index is 0.00439. The fourth-order valence-corrected chi connectivity index (χ4v) is 4.12. The van der Waals surface area contributed by atoms with Gasteiger partial charge in [0.05, 0.1) is 10.7 Å². The average molecular weight is 391 g/mol. The van der Waals surface area contributed by atoms with Gasteiger partial charge in [0.15, 0.2) is 5.69 Å². The topological polar surface area (TPSA) is 88.3 Å². The zero-order chi connectivity index (χ0) is 19.4. The zero-order valence-corrected chi connectivity index (χ0v) is 16.8. The first-order valence-corrected chi connectivity index (χ1v) is 10.3. The number of piperidine rings is 1. The fraction of sp³-hybridized carbons (Fsp3) is 0.579. The summed E-state index contributed by atoms with van der Waals surface area (Å²) in [4.78, 5) is 30.8. The molecule has 0 spiro atoms. The van der Waals surface area contributed by atoms with Crippen LogP contribution in [0.1, 0.15) is 59.6 Å². The Balaban J connectivity index is 1.56. The van der Waals surface area contributed by atoms with Crippen LogP contribution in [0.5, 0.6) is 0 Å². The molecule has 146 valence electrons. The quantitative estimate of drug-likeness (QED) is 0.819.